The van der Waals surface area contributed by atoms with Crippen LogP contribution < -0.4 is 0 Å². The molecule has 0 aliphatic carbocycles. The molecule has 0 amide bonds. The van der Waals surface area contributed by atoms with Crippen LogP contribution in [-0.4, -0.2) is 30.4 Å². The molecule has 0 atom stereocenters. The van der Waals surface area contributed by atoms with Gasteiger partial charge < -0.3 is 13.3 Å². The third kappa shape index (κ3) is 4.02. The van der Waals surface area contributed by atoms with E-state index in [1.165, 1.54) is 5.56 Å². The Morgan fingerprint density at radius 2 is 1.71 bits per heavy atom. The van der Waals surface area contributed by atoms with E-state index in [9.17, 15) is 0 Å². The van der Waals surface area contributed by atoms with Crippen LogP contribution in [0.5, 0.6) is 0 Å². The van der Waals surface area contributed by atoms with Gasteiger partial charge in [-0.2, -0.15) is 0 Å². The summed E-state index contributed by atoms with van der Waals surface area (Å²) < 4.78 is 15.5. The zero-order valence-corrected chi connectivity index (χ0v) is 9.76. The maximum atomic E-state index is 5.44. The van der Waals surface area contributed by atoms with E-state index in [2.05, 4.69) is 12.1 Å². The summed E-state index contributed by atoms with van der Waals surface area (Å²) in [5.41, 5.74) is 1.27. The van der Waals surface area contributed by atoms with Crippen molar-refractivity contribution in [1.29, 1.82) is 0 Å². The second kappa shape index (κ2) is 6.72. The van der Waals surface area contributed by atoms with Crippen LogP contribution >= 0.6 is 0 Å². The highest BCUT2D eigenvalue weighted by Crippen LogP contribution is 2.00. The highest BCUT2D eigenvalue weighted by atomic mass is 28.3. The van der Waals surface area contributed by atoms with Crippen LogP contribution in [0.25, 0.3) is 0 Å². The summed E-state index contributed by atoms with van der Waals surface area (Å²) in [7, 11) is 1.39. The van der Waals surface area contributed by atoms with E-state index in [-0.39, 0.29) is 0 Å². The summed E-state index contributed by atoms with van der Waals surface area (Å²) in [5.74, 6) is 0. The molecule has 3 nitrogen and oxygen atoms in total. The van der Waals surface area contributed by atoms with Gasteiger partial charge in [0.25, 0.3) is 0 Å². The van der Waals surface area contributed by atoms with Crippen molar-refractivity contribution < 1.29 is 13.3 Å². The quantitative estimate of drug-likeness (QED) is 0.664. The SMILES string of the molecule is CO[SiH](OC)OCCc1ccccc1. The third-order valence-corrected chi connectivity index (χ3v) is 3.15. The van der Waals surface area contributed by atoms with Gasteiger partial charge in [0.2, 0.25) is 0 Å². The van der Waals surface area contributed by atoms with Crippen LogP contribution in [0.4, 0.5) is 0 Å². The Morgan fingerprint density at radius 1 is 1.07 bits per heavy atom. The average Bonchev–Trinajstić information content (AvgIpc) is 2.26. The van der Waals surface area contributed by atoms with Crippen LogP contribution in [-0.2, 0) is 19.7 Å². The van der Waals surface area contributed by atoms with E-state index < -0.39 is 9.53 Å². The molecule has 0 saturated carbocycles. The number of rotatable bonds is 6. The lowest BCUT2D eigenvalue weighted by Gasteiger charge is -2.11. The molecule has 0 N–H and O–H groups in total. The van der Waals surface area contributed by atoms with Gasteiger partial charge in [0.05, 0.1) is 0 Å². The molecule has 0 heterocycles. The first kappa shape index (κ1) is 11.4. The second-order valence-electron chi connectivity index (χ2n) is 2.87. The summed E-state index contributed by atoms with van der Waals surface area (Å²) in [6, 6.07) is 10.2. The van der Waals surface area contributed by atoms with E-state index in [1.807, 2.05) is 18.2 Å². The first-order chi connectivity index (χ1) is 6.86. The van der Waals surface area contributed by atoms with Crippen molar-refractivity contribution in [3.63, 3.8) is 0 Å². The normalized spacial score (nSPS) is 10.8. The molecule has 0 aliphatic rings. The summed E-state index contributed by atoms with van der Waals surface area (Å²) in [6.45, 7) is 0.655. The van der Waals surface area contributed by atoms with Crippen LogP contribution in [0.15, 0.2) is 30.3 Å². The molecule has 0 unspecified atom stereocenters. The molecule has 0 spiro atoms. The van der Waals surface area contributed by atoms with Crippen LogP contribution in [0.2, 0.25) is 0 Å². The molecular weight excluding hydrogens is 196 g/mol. The fourth-order valence-corrected chi connectivity index (χ4v) is 1.92. The number of benzene rings is 1. The molecule has 1 rings (SSSR count). The first-order valence-corrected chi connectivity index (χ1v) is 5.99. The Hall–Kier alpha value is -0.683. The standard InChI is InChI=1S/C10H16O3Si/c1-11-14(12-2)13-9-8-10-6-4-3-5-7-10/h3-7,14H,8-9H2,1-2H3. The lowest BCUT2D eigenvalue weighted by atomic mass is 10.2. The monoisotopic (exact) mass is 212 g/mol. The Bertz CT molecular complexity index is 236. The van der Waals surface area contributed by atoms with E-state index in [4.69, 9.17) is 13.3 Å². The lowest BCUT2D eigenvalue weighted by Crippen LogP contribution is -2.24. The lowest BCUT2D eigenvalue weighted by molar-refractivity contribution is 0.137. The largest absolute Gasteiger partial charge is 0.483 e. The van der Waals surface area contributed by atoms with E-state index >= 15 is 0 Å². The Kier molecular flexibility index (Phi) is 5.47. The van der Waals surface area contributed by atoms with Gasteiger partial charge in [0.15, 0.2) is 0 Å². The summed E-state index contributed by atoms with van der Waals surface area (Å²) >= 11 is 0. The van der Waals surface area contributed by atoms with Gasteiger partial charge in [-0.05, 0) is 12.0 Å². The molecule has 14 heavy (non-hydrogen) atoms. The fraction of sp³-hybridized carbons (Fsp3) is 0.400. The van der Waals surface area contributed by atoms with Crippen LogP contribution in [0.1, 0.15) is 5.56 Å². The molecule has 0 aromatic heterocycles. The Labute approximate surface area is 86.6 Å². The van der Waals surface area contributed by atoms with Gasteiger partial charge in [0, 0.05) is 20.8 Å². The number of hydrogen-bond donors (Lipinski definition) is 0. The smallest absolute Gasteiger partial charge is 0.379 e. The maximum Gasteiger partial charge on any atom is 0.483 e. The maximum absolute atomic E-state index is 5.44. The topological polar surface area (TPSA) is 27.7 Å². The van der Waals surface area contributed by atoms with Crippen molar-refractivity contribution in [2.24, 2.45) is 0 Å². The number of hydrogen-bond acceptors (Lipinski definition) is 3. The minimum absolute atomic E-state index is 0.655. The molecular formula is C10H16O3Si. The predicted molar refractivity (Wildman–Crippen MR) is 57.3 cm³/mol. The fourth-order valence-electron chi connectivity index (χ4n) is 1.15. The molecule has 0 aliphatic heterocycles. The molecule has 0 bridgehead atoms. The Balaban J connectivity index is 2.21. The first-order valence-electron chi connectivity index (χ1n) is 4.58. The van der Waals surface area contributed by atoms with Gasteiger partial charge in [-0.1, -0.05) is 30.3 Å². The van der Waals surface area contributed by atoms with E-state index in [0.29, 0.717) is 6.61 Å². The van der Waals surface area contributed by atoms with Crippen molar-refractivity contribution >= 4 is 9.53 Å². The molecule has 1 aromatic rings. The highest BCUT2D eigenvalue weighted by Gasteiger charge is 2.09. The highest BCUT2D eigenvalue weighted by molar-refractivity contribution is 6.36. The molecule has 0 fully saturated rings. The van der Waals surface area contributed by atoms with Crippen molar-refractivity contribution in [2.45, 2.75) is 6.42 Å². The average molecular weight is 212 g/mol. The van der Waals surface area contributed by atoms with Crippen molar-refractivity contribution in [3.8, 4) is 0 Å². The molecule has 0 radical (unpaired) electrons. The summed E-state index contributed by atoms with van der Waals surface area (Å²) in [6.07, 6.45) is 0.900. The van der Waals surface area contributed by atoms with Crippen molar-refractivity contribution in [3.05, 3.63) is 35.9 Å². The summed E-state index contributed by atoms with van der Waals surface area (Å²) in [5, 5.41) is 0. The molecule has 1 aromatic carbocycles. The van der Waals surface area contributed by atoms with Gasteiger partial charge in [-0.3, -0.25) is 0 Å². The van der Waals surface area contributed by atoms with Crippen molar-refractivity contribution in [1.82, 2.24) is 0 Å². The van der Waals surface area contributed by atoms with Crippen LogP contribution in [0, 0.1) is 0 Å². The Morgan fingerprint density at radius 3 is 2.29 bits per heavy atom. The molecule has 4 heteroatoms. The van der Waals surface area contributed by atoms with Gasteiger partial charge in [0.1, 0.15) is 0 Å². The zero-order valence-electron chi connectivity index (χ0n) is 8.60. The molecule has 0 saturated heterocycles. The third-order valence-electron chi connectivity index (χ3n) is 1.87. The van der Waals surface area contributed by atoms with E-state index in [0.717, 1.165) is 6.42 Å². The second-order valence-corrected chi connectivity index (χ2v) is 4.72. The van der Waals surface area contributed by atoms with E-state index in [1.54, 1.807) is 14.2 Å². The van der Waals surface area contributed by atoms with Crippen molar-refractivity contribution in [2.75, 3.05) is 20.8 Å². The molecule has 78 valence electrons. The van der Waals surface area contributed by atoms with Gasteiger partial charge >= 0.3 is 9.53 Å². The zero-order chi connectivity index (χ0) is 10.2. The van der Waals surface area contributed by atoms with Crippen LogP contribution in [0.3, 0.4) is 0 Å². The minimum Gasteiger partial charge on any atom is -0.379 e. The summed E-state index contributed by atoms with van der Waals surface area (Å²) in [4.78, 5) is 0. The van der Waals surface area contributed by atoms with Gasteiger partial charge in [-0.25, -0.2) is 0 Å². The predicted octanol–water partition coefficient (Wildman–Crippen LogP) is 1.26. The van der Waals surface area contributed by atoms with Gasteiger partial charge in [-0.15, -0.1) is 0 Å². The minimum atomic E-state index is -1.83.